The highest BCUT2D eigenvalue weighted by Gasteiger charge is 2.05. The molecule has 3 aromatic rings. The number of halogens is 1. The summed E-state index contributed by atoms with van der Waals surface area (Å²) in [5.41, 5.74) is 2.45. The molecule has 1 aromatic carbocycles. The van der Waals surface area contributed by atoms with Crippen molar-refractivity contribution in [2.75, 3.05) is 0 Å². The molecular formula is C14H13FN4. The summed E-state index contributed by atoms with van der Waals surface area (Å²) in [6.07, 6.45) is 7.11. The van der Waals surface area contributed by atoms with Crippen LogP contribution >= 0.6 is 0 Å². The number of rotatable bonds is 3. The lowest BCUT2D eigenvalue weighted by molar-refractivity contribution is 0.619. The third-order valence-corrected chi connectivity index (χ3v) is 2.99. The van der Waals surface area contributed by atoms with Gasteiger partial charge in [0.2, 0.25) is 0 Å². The molecule has 1 N–H and O–H groups in total. The number of aryl methyl sites for hydroxylation is 1. The summed E-state index contributed by atoms with van der Waals surface area (Å²) in [5, 5.41) is 0. The fraction of sp³-hybridized carbons (Fsp3) is 0.143. The molecule has 0 atom stereocenters. The number of hydrogen-bond acceptors (Lipinski definition) is 2. The van der Waals surface area contributed by atoms with Gasteiger partial charge in [-0.25, -0.2) is 14.4 Å². The van der Waals surface area contributed by atoms with Gasteiger partial charge in [0.25, 0.3) is 0 Å². The van der Waals surface area contributed by atoms with Crippen LogP contribution in [0.5, 0.6) is 0 Å². The van der Waals surface area contributed by atoms with Crippen molar-refractivity contribution in [1.29, 1.82) is 0 Å². The Balaban J connectivity index is 1.86. The third kappa shape index (κ3) is 2.40. The number of aromatic amines is 1. The topological polar surface area (TPSA) is 46.5 Å². The van der Waals surface area contributed by atoms with E-state index in [0.717, 1.165) is 17.1 Å². The molecule has 0 spiro atoms. The van der Waals surface area contributed by atoms with Crippen molar-refractivity contribution in [3.8, 4) is 11.3 Å². The SMILES string of the molecule is Cc1cc(-c2cnc(Cn3ccnc3)[nH]2)ccc1F. The molecule has 0 radical (unpaired) electrons. The molecule has 0 aliphatic carbocycles. The average molecular weight is 256 g/mol. The molecule has 0 amide bonds. The molecule has 19 heavy (non-hydrogen) atoms. The van der Waals surface area contributed by atoms with E-state index in [-0.39, 0.29) is 5.82 Å². The Labute approximate surface area is 110 Å². The summed E-state index contributed by atoms with van der Waals surface area (Å²) in [6, 6.07) is 5.03. The monoisotopic (exact) mass is 256 g/mol. The highest BCUT2D eigenvalue weighted by molar-refractivity contribution is 5.59. The van der Waals surface area contributed by atoms with E-state index in [9.17, 15) is 4.39 Å². The number of aromatic nitrogens is 4. The summed E-state index contributed by atoms with van der Waals surface area (Å²) >= 11 is 0. The summed E-state index contributed by atoms with van der Waals surface area (Å²) in [5.74, 6) is 0.650. The summed E-state index contributed by atoms with van der Waals surface area (Å²) in [7, 11) is 0. The summed E-state index contributed by atoms with van der Waals surface area (Å²) in [4.78, 5) is 11.5. The molecule has 0 unspecified atom stereocenters. The quantitative estimate of drug-likeness (QED) is 0.783. The maximum absolute atomic E-state index is 13.2. The second-order valence-electron chi connectivity index (χ2n) is 4.44. The van der Waals surface area contributed by atoms with Crippen LogP contribution in [-0.2, 0) is 6.54 Å². The largest absolute Gasteiger partial charge is 0.340 e. The molecule has 2 aromatic heterocycles. The van der Waals surface area contributed by atoms with Crippen molar-refractivity contribution in [1.82, 2.24) is 19.5 Å². The van der Waals surface area contributed by atoms with Gasteiger partial charge in [-0.15, -0.1) is 0 Å². The first kappa shape index (κ1) is 11.6. The molecule has 0 fully saturated rings. The van der Waals surface area contributed by atoms with Crippen LogP contribution in [0.15, 0.2) is 43.1 Å². The maximum atomic E-state index is 13.2. The summed E-state index contributed by atoms with van der Waals surface area (Å²) in [6.45, 7) is 2.39. The Hall–Kier alpha value is -2.43. The van der Waals surface area contributed by atoms with Gasteiger partial charge in [0, 0.05) is 18.0 Å². The fourth-order valence-electron chi connectivity index (χ4n) is 1.95. The molecule has 0 bridgehead atoms. The minimum atomic E-state index is -0.193. The zero-order valence-electron chi connectivity index (χ0n) is 10.5. The van der Waals surface area contributed by atoms with Crippen LogP contribution in [0.2, 0.25) is 0 Å². The number of H-pyrrole nitrogens is 1. The van der Waals surface area contributed by atoms with Gasteiger partial charge in [0.1, 0.15) is 11.6 Å². The lowest BCUT2D eigenvalue weighted by Crippen LogP contribution is -1.98. The molecule has 0 saturated heterocycles. The highest BCUT2D eigenvalue weighted by Crippen LogP contribution is 2.20. The van der Waals surface area contributed by atoms with Gasteiger partial charge in [-0.2, -0.15) is 0 Å². The van der Waals surface area contributed by atoms with Crippen molar-refractivity contribution < 1.29 is 4.39 Å². The van der Waals surface area contributed by atoms with Crippen LogP contribution in [0.3, 0.4) is 0 Å². The van der Waals surface area contributed by atoms with Gasteiger partial charge in [-0.3, -0.25) is 0 Å². The first-order valence-corrected chi connectivity index (χ1v) is 5.98. The molecule has 0 saturated carbocycles. The average Bonchev–Trinajstić information content (AvgIpc) is 3.05. The van der Waals surface area contributed by atoms with E-state index in [2.05, 4.69) is 15.0 Å². The van der Waals surface area contributed by atoms with Crippen molar-refractivity contribution >= 4 is 0 Å². The zero-order chi connectivity index (χ0) is 13.2. The van der Waals surface area contributed by atoms with Crippen molar-refractivity contribution in [2.24, 2.45) is 0 Å². The van der Waals surface area contributed by atoms with E-state index in [1.54, 1.807) is 31.7 Å². The highest BCUT2D eigenvalue weighted by atomic mass is 19.1. The van der Waals surface area contributed by atoms with E-state index in [1.165, 1.54) is 6.07 Å². The fourth-order valence-corrected chi connectivity index (χ4v) is 1.95. The first-order valence-electron chi connectivity index (χ1n) is 5.98. The minimum Gasteiger partial charge on any atom is -0.340 e. The van der Waals surface area contributed by atoms with Crippen molar-refractivity contribution in [3.63, 3.8) is 0 Å². The van der Waals surface area contributed by atoms with Crippen LogP contribution in [-0.4, -0.2) is 19.5 Å². The van der Waals surface area contributed by atoms with E-state index in [1.807, 2.05) is 16.8 Å². The standard InChI is InChI=1S/C14H13FN4/c1-10-6-11(2-3-12(10)15)13-7-17-14(18-13)8-19-5-4-16-9-19/h2-7,9H,8H2,1H3,(H,17,18). The van der Waals surface area contributed by atoms with Crippen LogP contribution in [0.4, 0.5) is 4.39 Å². The lowest BCUT2D eigenvalue weighted by atomic mass is 10.1. The molecule has 5 heteroatoms. The Morgan fingerprint density at radius 3 is 3.00 bits per heavy atom. The van der Waals surface area contributed by atoms with E-state index in [0.29, 0.717) is 12.1 Å². The third-order valence-electron chi connectivity index (χ3n) is 2.99. The van der Waals surface area contributed by atoms with Crippen LogP contribution in [0, 0.1) is 12.7 Å². The lowest BCUT2D eigenvalue weighted by Gasteiger charge is -2.01. The number of hydrogen-bond donors (Lipinski definition) is 1. The number of imidazole rings is 2. The van der Waals surface area contributed by atoms with Crippen LogP contribution in [0.1, 0.15) is 11.4 Å². The molecule has 3 rings (SSSR count). The molecular weight excluding hydrogens is 243 g/mol. The second-order valence-corrected chi connectivity index (χ2v) is 4.44. The minimum absolute atomic E-state index is 0.193. The Morgan fingerprint density at radius 2 is 2.26 bits per heavy atom. The van der Waals surface area contributed by atoms with E-state index in [4.69, 9.17) is 0 Å². The van der Waals surface area contributed by atoms with Crippen LogP contribution < -0.4 is 0 Å². The normalized spacial score (nSPS) is 10.8. The van der Waals surface area contributed by atoms with Gasteiger partial charge in [-0.1, -0.05) is 0 Å². The van der Waals surface area contributed by atoms with Gasteiger partial charge in [0.05, 0.1) is 24.8 Å². The van der Waals surface area contributed by atoms with Crippen molar-refractivity contribution in [2.45, 2.75) is 13.5 Å². The molecule has 0 aliphatic rings. The van der Waals surface area contributed by atoms with Gasteiger partial charge in [0.15, 0.2) is 0 Å². The van der Waals surface area contributed by atoms with E-state index < -0.39 is 0 Å². The first-order chi connectivity index (χ1) is 9.22. The van der Waals surface area contributed by atoms with Gasteiger partial charge < -0.3 is 9.55 Å². The Bertz CT molecular complexity index is 685. The van der Waals surface area contributed by atoms with E-state index >= 15 is 0 Å². The number of nitrogens with one attached hydrogen (secondary N) is 1. The second kappa shape index (κ2) is 4.68. The number of benzene rings is 1. The predicted octanol–water partition coefficient (Wildman–Crippen LogP) is 2.77. The van der Waals surface area contributed by atoms with Crippen LogP contribution in [0.25, 0.3) is 11.3 Å². The van der Waals surface area contributed by atoms with Gasteiger partial charge >= 0.3 is 0 Å². The Morgan fingerprint density at radius 1 is 1.37 bits per heavy atom. The van der Waals surface area contributed by atoms with Gasteiger partial charge in [-0.05, 0) is 30.7 Å². The maximum Gasteiger partial charge on any atom is 0.126 e. The molecule has 0 aliphatic heterocycles. The van der Waals surface area contributed by atoms with Crippen molar-refractivity contribution in [3.05, 3.63) is 60.3 Å². The summed E-state index contributed by atoms with van der Waals surface area (Å²) < 4.78 is 15.2. The molecule has 96 valence electrons. The zero-order valence-corrected chi connectivity index (χ0v) is 10.5. The predicted molar refractivity (Wildman–Crippen MR) is 70.0 cm³/mol. The smallest absolute Gasteiger partial charge is 0.126 e. The number of nitrogens with zero attached hydrogens (tertiary/aromatic N) is 3. The Kier molecular flexibility index (Phi) is 2.87. The molecule has 2 heterocycles. The molecule has 4 nitrogen and oxygen atoms in total.